The van der Waals surface area contributed by atoms with Gasteiger partial charge in [-0.2, -0.15) is 0 Å². The fourth-order valence-corrected chi connectivity index (χ4v) is 1.76. The standard InChI is InChI=1S/C11H5N3O2/c15-10-7-3-4-8-6(2-1-5-12-8)9(7)11(16)14-13-10/h1-5H. The maximum absolute atomic E-state index is 11.6. The first-order chi connectivity index (χ1) is 7.77. The third-order valence-corrected chi connectivity index (χ3v) is 2.46. The van der Waals surface area contributed by atoms with Crippen molar-refractivity contribution in [2.24, 2.45) is 10.2 Å². The van der Waals surface area contributed by atoms with E-state index in [0.29, 0.717) is 22.0 Å². The molecule has 0 saturated carbocycles. The predicted molar refractivity (Wildman–Crippen MR) is 55.3 cm³/mol. The molecular formula is C11H5N3O2. The van der Waals surface area contributed by atoms with Crippen molar-refractivity contribution in [2.75, 3.05) is 0 Å². The van der Waals surface area contributed by atoms with Crippen LogP contribution in [0.2, 0.25) is 0 Å². The van der Waals surface area contributed by atoms with E-state index >= 15 is 0 Å². The molecule has 1 aromatic carbocycles. The molecule has 0 radical (unpaired) electrons. The molecule has 16 heavy (non-hydrogen) atoms. The Balaban J connectivity index is 2.48. The van der Waals surface area contributed by atoms with E-state index in [-0.39, 0.29) is 0 Å². The molecule has 0 unspecified atom stereocenters. The van der Waals surface area contributed by atoms with Crippen molar-refractivity contribution < 1.29 is 9.59 Å². The Morgan fingerprint density at radius 2 is 1.75 bits per heavy atom. The highest BCUT2D eigenvalue weighted by Crippen LogP contribution is 2.25. The molecule has 0 aliphatic carbocycles. The molecule has 2 aromatic rings. The van der Waals surface area contributed by atoms with Gasteiger partial charge >= 0.3 is 0 Å². The molecule has 0 N–H and O–H groups in total. The lowest BCUT2D eigenvalue weighted by Crippen LogP contribution is -2.11. The van der Waals surface area contributed by atoms with Gasteiger partial charge in [0, 0.05) is 11.6 Å². The monoisotopic (exact) mass is 211 g/mol. The van der Waals surface area contributed by atoms with Gasteiger partial charge in [-0.15, -0.1) is 10.2 Å². The Morgan fingerprint density at radius 3 is 2.62 bits per heavy atom. The molecule has 1 aromatic heterocycles. The number of rotatable bonds is 0. The van der Waals surface area contributed by atoms with Crippen LogP contribution in [0.3, 0.4) is 0 Å². The average molecular weight is 211 g/mol. The minimum absolute atomic E-state index is 0.292. The minimum atomic E-state index is -0.492. The molecule has 1 aliphatic rings. The Hall–Kier alpha value is -2.43. The first-order valence-corrected chi connectivity index (χ1v) is 4.65. The molecule has 1 aliphatic heterocycles. The Bertz CT molecular complexity index is 661. The number of azo groups is 1. The van der Waals surface area contributed by atoms with Crippen LogP contribution in [0.1, 0.15) is 20.7 Å². The molecule has 76 valence electrons. The SMILES string of the molecule is O=C1N=NC(=O)c2c1ccc1ncccc21. The van der Waals surface area contributed by atoms with Gasteiger partial charge in [-0.25, -0.2) is 0 Å². The van der Waals surface area contributed by atoms with Crippen molar-refractivity contribution in [2.45, 2.75) is 0 Å². The summed E-state index contributed by atoms with van der Waals surface area (Å²) in [5.74, 6) is -0.978. The first-order valence-electron chi connectivity index (χ1n) is 4.65. The number of carbonyl (C=O) groups excluding carboxylic acids is 2. The normalized spacial score (nSPS) is 14.2. The minimum Gasteiger partial charge on any atom is -0.265 e. The predicted octanol–water partition coefficient (Wildman–Crippen LogP) is 1.98. The highest BCUT2D eigenvalue weighted by molar-refractivity contribution is 6.17. The van der Waals surface area contributed by atoms with Crippen molar-refractivity contribution in [3.8, 4) is 0 Å². The largest absolute Gasteiger partial charge is 0.297 e. The fourth-order valence-electron chi connectivity index (χ4n) is 1.76. The topological polar surface area (TPSA) is 71.8 Å². The zero-order valence-electron chi connectivity index (χ0n) is 8.04. The van der Waals surface area contributed by atoms with E-state index in [1.165, 1.54) is 0 Å². The third kappa shape index (κ3) is 1.08. The molecular weight excluding hydrogens is 206 g/mol. The number of nitrogens with zero attached hydrogens (tertiary/aromatic N) is 3. The zero-order chi connectivity index (χ0) is 11.1. The van der Waals surface area contributed by atoms with Crippen LogP contribution in [0, 0.1) is 0 Å². The maximum Gasteiger partial charge on any atom is 0.297 e. The molecule has 0 fully saturated rings. The maximum atomic E-state index is 11.6. The molecule has 2 amide bonds. The molecule has 5 nitrogen and oxygen atoms in total. The van der Waals surface area contributed by atoms with Crippen molar-refractivity contribution in [1.29, 1.82) is 0 Å². The van der Waals surface area contributed by atoms with Crippen LogP contribution >= 0.6 is 0 Å². The van der Waals surface area contributed by atoms with Crippen LogP contribution in [0.4, 0.5) is 0 Å². The van der Waals surface area contributed by atoms with E-state index < -0.39 is 11.8 Å². The number of hydrogen-bond donors (Lipinski definition) is 0. The van der Waals surface area contributed by atoms with Crippen LogP contribution in [0.15, 0.2) is 40.7 Å². The third-order valence-electron chi connectivity index (χ3n) is 2.46. The summed E-state index contributed by atoms with van der Waals surface area (Å²) in [6, 6.07) is 6.71. The molecule has 0 saturated heterocycles. The fraction of sp³-hybridized carbons (Fsp3) is 0. The Kier molecular flexibility index (Phi) is 1.67. The van der Waals surface area contributed by atoms with E-state index in [4.69, 9.17) is 0 Å². The van der Waals surface area contributed by atoms with Gasteiger partial charge in [0.2, 0.25) is 0 Å². The number of aromatic nitrogens is 1. The van der Waals surface area contributed by atoms with Crippen molar-refractivity contribution >= 4 is 22.7 Å². The van der Waals surface area contributed by atoms with E-state index in [0.717, 1.165) is 0 Å². The summed E-state index contributed by atoms with van der Waals surface area (Å²) < 4.78 is 0. The number of benzene rings is 1. The van der Waals surface area contributed by atoms with E-state index in [1.807, 2.05) is 0 Å². The smallest absolute Gasteiger partial charge is 0.265 e. The molecule has 2 heterocycles. The Labute approximate surface area is 89.8 Å². The second-order valence-electron chi connectivity index (χ2n) is 3.37. The first kappa shape index (κ1) is 8.84. The summed E-state index contributed by atoms with van der Waals surface area (Å²) in [4.78, 5) is 27.2. The van der Waals surface area contributed by atoms with E-state index in [2.05, 4.69) is 15.2 Å². The van der Waals surface area contributed by atoms with Crippen LogP contribution in [0.25, 0.3) is 10.9 Å². The van der Waals surface area contributed by atoms with Gasteiger partial charge in [0.1, 0.15) is 0 Å². The van der Waals surface area contributed by atoms with Gasteiger partial charge < -0.3 is 0 Å². The number of hydrogen-bond acceptors (Lipinski definition) is 3. The summed E-state index contributed by atoms with van der Waals surface area (Å²) in [6.07, 6.45) is 1.63. The van der Waals surface area contributed by atoms with Crippen molar-refractivity contribution in [3.63, 3.8) is 0 Å². The summed E-state index contributed by atoms with van der Waals surface area (Å²) in [5.41, 5.74) is 1.26. The highest BCUT2D eigenvalue weighted by Gasteiger charge is 2.24. The molecule has 0 spiro atoms. The summed E-state index contributed by atoms with van der Waals surface area (Å²) in [5, 5.41) is 7.22. The zero-order valence-corrected chi connectivity index (χ0v) is 8.04. The lowest BCUT2D eigenvalue weighted by atomic mass is 10.00. The summed E-state index contributed by atoms with van der Waals surface area (Å²) in [6.45, 7) is 0. The van der Waals surface area contributed by atoms with E-state index in [1.54, 1.807) is 30.5 Å². The lowest BCUT2D eigenvalue weighted by Gasteiger charge is -2.09. The number of pyridine rings is 1. The second kappa shape index (κ2) is 3.03. The second-order valence-corrected chi connectivity index (χ2v) is 3.37. The molecule has 0 bridgehead atoms. The van der Waals surface area contributed by atoms with Crippen LogP contribution in [-0.2, 0) is 0 Å². The van der Waals surface area contributed by atoms with Crippen molar-refractivity contribution in [3.05, 3.63) is 41.6 Å². The number of amides is 2. The molecule has 3 rings (SSSR count). The van der Waals surface area contributed by atoms with Crippen LogP contribution in [0.5, 0.6) is 0 Å². The highest BCUT2D eigenvalue weighted by atomic mass is 16.2. The quantitative estimate of drug-likeness (QED) is 0.668. The molecule has 5 heteroatoms. The average Bonchev–Trinajstić information content (AvgIpc) is 2.33. The van der Waals surface area contributed by atoms with Crippen LogP contribution in [-0.4, -0.2) is 16.8 Å². The number of fused-ring (bicyclic) bond motifs is 3. The van der Waals surface area contributed by atoms with Gasteiger partial charge in [0.05, 0.1) is 16.6 Å². The van der Waals surface area contributed by atoms with Crippen LogP contribution < -0.4 is 0 Å². The van der Waals surface area contributed by atoms with E-state index in [9.17, 15) is 9.59 Å². The van der Waals surface area contributed by atoms with Gasteiger partial charge in [-0.1, -0.05) is 6.07 Å². The molecule has 0 atom stereocenters. The lowest BCUT2D eigenvalue weighted by molar-refractivity contribution is 0.0922. The summed E-state index contributed by atoms with van der Waals surface area (Å²) in [7, 11) is 0. The Morgan fingerprint density at radius 1 is 0.938 bits per heavy atom. The van der Waals surface area contributed by atoms with Gasteiger partial charge in [0.15, 0.2) is 0 Å². The van der Waals surface area contributed by atoms with Crippen molar-refractivity contribution in [1.82, 2.24) is 4.98 Å². The van der Waals surface area contributed by atoms with Gasteiger partial charge in [-0.3, -0.25) is 14.6 Å². The number of carbonyl (C=O) groups is 2. The van der Waals surface area contributed by atoms with Gasteiger partial charge in [0.25, 0.3) is 11.8 Å². The van der Waals surface area contributed by atoms with Gasteiger partial charge in [-0.05, 0) is 18.2 Å². The summed E-state index contributed by atoms with van der Waals surface area (Å²) >= 11 is 0.